The van der Waals surface area contributed by atoms with Gasteiger partial charge in [0.1, 0.15) is 11.9 Å². The lowest BCUT2D eigenvalue weighted by atomic mass is 9.81. The summed E-state index contributed by atoms with van der Waals surface area (Å²) in [4.78, 5) is 26.1. The van der Waals surface area contributed by atoms with Crippen molar-refractivity contribution in [3.05, 3.63) is 57.4 Å². The summed E-state index contributed by atoms with van der Waals surface area (Å²) in [7, 11) is 0. The average Bonchev–Trinajstić information content (AvgIpc) is 3.51. The summed E-state index contributed by atoms with van der Waals surface area (Å²) in [5.74, 6) is 0.719. The van der Waals surface area contributed by atoms with E-state index in [1.165, 1.54) is 11.3 Å². The highest BCUT2D eigenvalue weighted by Gasteiger charge is 2.40. The second kappa shape index (κ2) is 8.78. The Morgan fingerprint density at radius 3 is 2.72 bits per heavy atom. The predicted molar refractivity (Wildman–Crippen MR) is 120 cm³/mol. The van der Waals surface area contributed by atoms with Gasteiger partial charge in [-0.3, -0.25) is 0 Å². The Hall–Kier alpha value is -3.75. The van der Waals surface area contributed by atoms with E-state index in [2.05, 4.69) is 17.3 Å². The molecule has 1 fully saturated rings. The number of dihydropyridines is 1. The van der Waals surface area contributed by atoms with E-state index in [0.29, 0.717) is 29.3 Å². The third-order valence-corrected chi connectivity index (χ3v) is 6.58. The number of esters is 2. The zero-order chi connectivity index (χ0) is 22.8. The molecule has 1 aromatic heterocycles. The molecule has 1 atom stereocenters. The number of hydrogen-bond acceptors (Lipinski definition) is 8. The van der Waals surface area contributed by atoms with E-state index in [9.17, 15) is 14.9 Å². The largest absolute Gasteiger partial charge is 0.462 e. The van der Waals surface area contributed by atoms with Gasteiger partial charge in [0.2, 0.25) is 0 Å². The Labute approximate surface area is 189 Å². The van der Waals surface area contributed by atoms with Crippen LogP contribution in [0.1, 0.15) is 36.8 Å². The fourth-order valence-corrected chi connectivity index (χ4v) is 4.85. The van der Waals surface area contributed by atoms with E-state index in [1.54, 1.807) is 19.1 Å². The van der Waals surface area contributed by atoms with E-state index >= 15 is 0 Å². The molecule has 32 heavy (non-hydrogen) atoms. The summed E-state index contributed by atoms with van der Waals surface area (Å²) >= 11 is 1.37. The van der Waals surface area contributed by atoms with Crippen molar-refractivity contribution in [2.75, 3.05) is 13.2 Å². The van der Waals surface area contributed by atoms with Gasteiger partial charge in [-0.05, 0) is 48.1 Å². The maximum absolute atomic E-state index is 13.1. The van der Waals surface area contributed by atoms with Crippen LogP contribution in [-0.2, 0) is 19.1 Å². The summed E-state index contributed by atoms with van der Waals surface area (Å²) in [6.45, 7) is 1.80. The van der Waals surface area contributed by atoms with E-state index in [0.717, 1.165) is 22.9 Å². The summed E-state index contributed by atoms with van der Waals surface area (Å²) in [6, 6.07) is 7.53. The number of rotatable bonds is 6. The van der Waals surface area contributed by atoms with Gasteiger partial charge in [0.15, 0.2) is 6.61 Å². The highest BCUT2D eigenvalue weighted by Crippen LogP contribution is 2.44. The molecule has 0 spiro atoms. The number of nitrogens with one attached hydrogen (secondary N) is 1. The lowest BCUT2D eigenvalue weighted by molar-refractivity contribution is -0.140. The number of fused-ring (bicyclic) bond motifs is 1. The number of carbonyl (C=O) groups excluding carboxylic acids is 2. The van der Waals surface area contributed by atoms with Gasteiger partial charge in [0, 0.05) is 5.70 Å². The number of terminal acetylenes is 1. The third kappa shape index (κ3) is 3.93. The van der Waals surface area contributed by atoms with Crippen LogP contribution >= 0.6 is 11.3 Å². The van der Waals surface area contributed by atoms with Crippen molar-refractivity contribution < 1.29 is 19.1 Å². The SMILES string of the molecule is C#CCOC(=O)C1=C(C)NC(N)=C(C(=O)OCC2CC2)C1c1csc2c(C#N)cccc12. The molecule has 0 bridgehead atoms. The number of ether oxygens (including phenoxy) is 2. The minimum atomic E-state index is -0.823. The van der Waals surface area contributed by atoms with Crippen molar-refractivity contribution in [3.8, 4) is 18.4 Å². The summed E-state index contributed by atoms with van der Waals surface area (Å²) < 4.78 is 11.5. The van der Waals surface area contributed by atoms with Crippen molar-refractivity contribution in [2.45, 2.75) is 25.7 Å². The first-order chi connectivity index (χ1) is 15.5. The molecular formula is C24H21N3O4S. The van der Waals surface area contributed by atoms with Crippen LogP contribution in [0.5, 0.6) is 0 Å². The normalized spacial score (nSPS) is 18.0. The number of nitrogens with two attached hydrogens (primary N) is 1. The Morgan fingerprint density at radius 1 is 1.28 bits per heavy atom. The van der Waals surface area contributed by atoms with E-state index in [4.69, 9.17) is 21.6 Å². The minimum Gasteiger partial charge on any atom is -0.462 e. The van der Waals surface area contributed by atoms with Gasteiger partial charge in [-0.1, -0.05) is 18.1 Å². The fourth-order valence-electron chi connectivity index (χ4n) is 3.79. The summed E-state index contributed by atoms with van der Waals surface area (Å²) in [6.07, 6.45) is 7.31. The van der Waals surface area contributed by atoms with Crippen molar-refractivity contribution >= 4 is 33.4 Å². The molecule has 1 unspecified atom stereocenters. The molecular weight excluding hydrogens is 426 g/mol. The first-order valence-electron chi connectivity index (χ1n) is 10.1. The minimum absolute atomic E-state index is 0.123. The third-order valence-electron chi connectivity index (χ3n) is 5.53. The van der Waals surface area contributed by atoms with Gasteiger partial charge in [-0.2, -0.15) is 5.26 Å². The lowest BCUT2D eigenvalue weighted by Gasteiger charge is -2.29. The maximum Gasteiger partial charge on any atom is 0.338 e. The van der Waals surface area contributed by atoms with Gasteiger partial charge in [-0.25, -0.2) is 9.59 Å². The van der Waals surface area contributed by atoms with Crippen LogP contribution in [0.15, 0.2) is 46.2 Å². The highest BCUT2D eigenvalue weighted by molar-refractivity contribution is 7.17. The standard InChI is InChI=1S/C24H21N3O4S/c1-3-9-30-23(28)18-13(2)27-22(26)20(24(29)31-11-14-7-8-14)19(18)17-12-32-21-15(10-25)5-4-6-16(17)21/h1,4-6,12,14,19,27H,7-9,11,26H2,2H3. The summed E-state index contributed by atoms with van der Waals surface area (Å²) in [5, 5.41) is 15.0. The zero-order valence-corrected chi connectivity index (χ0v) is 18.3. The van der Waals surface area contributed by atoms with Gasteiger partial charge >= 0.3 is 11.9 Å². The van der Waals surface area contributed by atoms with Crippen LogP contribution in [0.4, 0.5) is 0 Å². The quantitative estimate of drug-likeness (QED) is 0.517. The van der Waals surface area contributed by atoms with Crippen molar-refractivity contribution in [1.82, 2.24) is 5.32 Å². The molecule has 4 rings (SSSR count). The van der Waals surface area contributed by atoms with Crippen molar-refractivity contribution in [1.29, 1.82) is 5.26 Å². The molecule has 8 heteroatoms. The fraction of sp³-hybridized carbons (Fsp3) is 0.292. The second-order valence-electron chi connectivity index (χ2n) is 7.73. The first kappa shape index (κ1) is 21.5. The van der Waals surface area contributed by atoms with E-state index in [-0.39, 0.29) is 23.6 Å². The molecule has 0 radical (unpaired) electrons. The molecule has 162 valence electrons. The molecule has 1 saturated carbocycles. The summed E-state index contributed by atoms with van der Waals surface area (Å²) in [5.41, 5.74) is 8.28. The van der Waals surface area contributed by atoms with Crippen LogP contribution in [0, 0.1) is 29.6 Å². The number of hydrogen-bond donors (Lipinski definition) is 2. The first-order valence-corrected chi connectivity index (χ1v) is 11.0. The number of nitriles is 1. The lowest BCUT2D eigenvalue weighted by Crippen LogP contribution is -2.36. The monoisotopic (exact) mass is 447 g/mol. The molecule has 0 amide bonds. The molecule has 1 aliphatic heterocycles. The Bertz CT molecular complexity index is 1250. The Morgan fingerprint density at radius 2 is 2.03 bits per heavy atom. The van der Waals surface area contributed by atoms with Gasteiger partial charge in [0.05, 0.1) is 33.9 Å². The van der Waals surface area contributed by atoms with Crippen molar-refractivity contribution in [2.24, 2.45) is 11.7 Å². The van der Waals surface area contributed by atoms with Crippen LogP contribution in [0.2, 0.25) is 0 Å². The van der Waals surface area contributed by atoms with Crippen LogP contribution < -0.4 is 11.1 Å². The molecule has 3 N–H and O–H groups in total. The van der Waals surface area contributed by atoms with E-state index < -0.39 is 17.9 Å². The zero-order valence-electron chi connectivity index (χ0n) is 17.4. The molecule has 2 aromatic rings. The molecule has 0 saturated heterocycles. The van der Waals surface area contributed by atoms with Gasteiger partial charge in [-0.15, -0.1) is 17.8 Å². The van der Waals surface area contributed by atoms with E-state index in [1.807, 2.05) is 11.4 Å². The molecule has 1 aliphatic carbocycles. The maximum atomic E-state index is 13.1. The number of allylic oxidation sites excluding steroid dienone is 1. The van der Waals surface area contributed by atoms with Gasteiger partial charge < -0.3 is 20.5 Å². The van der Waals surface area contributed by atoms with Gasteiger partial charge in [0.25, 0.3) is 0 Å². The second-order valence-corrected chi connectivity index (χ2v) is 8.61. The molecule has 1 aromatic carbocycles. The van der Waals surface area contributed by atoms with Crippen LogP contribution in [0.3, 0.4) is 0 Å². The molecule has 7 nitrogen and oxygen atoms in total. The van der Waals surface area contributed by atoms with Crippen molar-refractivity contribution in [3.63, 3.8) is 0 Å². The Balaban J connectivity index is 1.85. The number of benzene rings is 1. The topological polar surface area (TPSA) is 114 Å². The highest BCUT2D eigenvalue weighted by atomic mass is 32.1. The predicted octanol–water partition coefficient (Wildman–Crippen LogP) is 3.03. The smallest absolute Gasteiger partial charge is 0.338 e. The average molecular weight is 448 g/mol. The van der Waals surface area contributed by atoms with Crippen LogP contribution in [-0.4, -0.2) is 25.2 Å². The number of thiophene rings is 1. The molecule has 2 heterocycles. The number of nitrogens with zero attached hydrogens (tertiary/aromatic N) is 1. The molecule has 2 aliphatic rings. The number of carbonyl (C=O) groups is 2. The Kier molecular flexibility index (Phi) is 5.89. The van der Waals surface area contributed by atoms with Crippen LogP contribution in [0.25, 0.3) is 10.1 Å².